The molecule has 2 aromatic heterocycles. The standard InChI is InChI=1S/C10H13N5O/c1-10(2,3)9-15-14-8(16-9)6-7(11)13-5-4-12-6/h4-5H,1-3H3,(H2,11,13). The third-order valence-electron chi connectivity index (χ3n) is 2.00. The Hall–Kier alpha value is -1.98. The molecule has 0 atom stereocenters. The molecule has 2 N–H and O–H groups in total. The van der Waals surface area contributed by atoms with E-state index in [0.717, 1.165) is 0 Å². The smallest absolute Gasteiger partial charge is 0.270 e. The number of hydrogen-bond donors (Lipinski definition) is 1. The van der Waals surface area contributed by atoms with Gasteiger partial charge in [-0.25, -0.2) is 9.97 Å². The number of anilines is 1. The van der Waals surface area contributed by atoms with Gasteiger partial charge in [-0.3, -0.25) is 0 Å². The lowest BCUT2D eigenvalue weighted by Gasteiger charge is -2.10. The van der Waals surface area contributed by atoms with Crippen LogP contribution < -0.4 is 5.73 Å². The Morgan fingerprint density at radius 1 is 1.12 bits per heavy atom. The molecule has 0 aromatic carbocycles. The number of rotatable bonds is 1. The van der Waals surface area contributed by atoms with Crippen LogP contribution in [-0.4, -0.2) is 20.2 Å². The predicted molar refractivity (Wildman–Crippen MR) is 58.4 cm³/mol. The molecule has 0 bridgehead atoms. The summed E-state index contributed by atoms with van der Waals surface area (Å²) in [5, 5.41) is 7.88. The fourth-order valence-corrected chi connectivity index (χ4v) is 1.14. The van der Waals surface area contributed by atoms with Crippen molar-refractivity contribution in [3.8, 4) is 11.6 Å². The summed E-state index contributed by atoms with van der Waals surface area (Å²) in [6, 6.07) is 0. The van der Waals surface area contributed by atoms with Gasteiger partial charge in [0.2, 0.25) is 5.89 Å². The van der Waals surface area contributed by atoms with Crippen LogP contribution in [0.5, 0.6) is 0 Å². The van der Waals surface area contributed by atoms with Crippen molar-refractivity contribution in [3.63, 3.8) is 0 Å². The Balaban J connectivity index is 2.44. The van der Waals surface area contributed by atoms with Gasteiger partial charge in [0.05, 0.1) is 0 Å². The van der Waals surface area contributed by atoms with E-state index in [1.807, 2.05) is 20.8 Å². The molecule has 0 aliphatic rings. The molecule has 84 valence electrons. The van der Waals surface area contributed by atoms with Gasteiger partial charge in [0, 0.05) is 17.8 Å². The summed E-state index contributed by atoms with van der Waals surface area (Å²) in [4.78, 5) is 7.97. The molecule has 0 aliphatic carbocycles. The Bertz CT molecular complexity index is 500. The van der Waals surface area contributed by atoms with Gasteiger partial charge in [-0.15, -0.1) is 10.2 Å². The van der Waals surface area contributed by atoms with Gasteiger partial charge in [0.25, 0.3) is 5.89 Å². The number of aromatic nitrogens is 4. The third-order valence-corrected chi connectivity index (χ3v) is 2.00. The SMILES string of the molecule is CC(C)(C)c1nnc(-c2nccnc2N)o1. The minimum atomic E-state index is -0.192. The van der Waals surface area contributed by atoms with Gasteiger partial charge in [0.1, 0.15) is 0 Å². The lowest BCUT2D eigenvalue weighted by molar-refractivity contribution is 0.398. The molecule has 2 rings (SSSR count). The fraction of sp³-hybridized carbons (Fsp3) is 0.400. The summed E-state index contributed by atoms with van der Waals surface area (Å²) in [5.74, 6) is 1.13. The van der Waals surface area contributed by atoms with Crippen LogP contribution in [0, 0.1) is 0 Å². The van der Waals surface area contributed by atoms with Gasteiger partial charge in [0.15, 0.2) is 11.5 Å². The van der Waals surface area contributed by atoms with E-state index in [2.05, 4.69) is 20.2 Å². The molecule has 2 heterocycles. The molecule has 0 spiro atoms. The molecular formula is C10H13N5O. The first-order chi connectivity index (χ1) is 7.48. The van der Waals surface area contributed by atoms with E-state index >= 15 is 0 Å². The summed E-state index contributed by atoms with van der Waals surface area (Å²) in [5.41, 5.74) is 5.90. The topological polar surface area (TPSA) is 90.7 Å². The van der Waals surface area contributed by atoms with E-state index in [4.69, 9.17) is 10.2 Å². The van der Waals surface area contributed by atoms with Crippen molar-refractivity contribution in [2.75, 3.05) is 5.73 Å². The molecule has 0 unspecified atom stereocenters. The van der Waals surface area contributed by atoms with E-state index < -0.39 is 0 Å². The van der Waals surface area contributed by atoms with Crippen molar-refractivity contribution in [1.29, 1.82) is 0 Å². The van der Waals surface area contributed by atoms with E-state index in [1.165, 1.54) is 12.4 Å². The van der Waals surface area contributed by atoms with E-state index in [9.17, 15) is 0 Å². The summed E-state index contributed by atoms with van der Waals surface area (Å²) in [6.07, 6.45) is 3.05. The van der Waals surface area contributed by atoms with Crippen LogP contribution in [0.3, 0.4) is 0 Å². The van der Waals surface area contributed by atoms with Crippen LogP contribution in [0.15, 0.2) is 16.8 Å². The molecule has 2 aromatic rings. The molecule has 0 radical (unpaired) electrons. The first-order valence-corrected chi connectivity index (χ1v) is 4.89. The average molecular weight is 219 g/mol. The second-order valence-electron chi connectivity index (χ2n) is 4.45. The van der Waals surface area contributed by atoms with Crippen molar-refractivity contribution in [2.45, 2.75) is 26.2 Å². The highest BCUT2D eigenvalue weighted by Crippen LogP contribution is 2.25. The summed E-state index contributed by atoms with van der Waals surface area (Å²) >= 11 is 0. The van der Waals surface area contributed by atoms with Gasteiger partial charge in [-0.05, 0) is 0 Å². The maximum atomic E-state index is 5.67. The van der Waals surface area contributed by atoms with Crippen molar-refractivity contribution >= 4 is 5.82 Å². The fourth-order valence-electron chi connectivity index (χ4n) is 1.14. The van der Waals surface area contributed by atoms with Crippen molar-refractivity contribution in [1.82, 2.24) is 20.2 Å². The molecule has 6 nitrogen and oxygen atoms in total. The van der Waals surface area contributed by atoms with Gasteiger partial charge >= 0.3 is 0 Å². The molecule has 6 heteroatoms. The second kappa shape index (κ2) is 3.55. The Morgan fingerprint density at radius 3 is 2.38 bits per heavy atom. The highest BCUT2D eigenvalue weighted by atomic mass is 16.4. The molecule has 0 saturated heterocycles. The average Bonchev–Trinajstić information content (AvgIpc) is 2.66. The van der Waals surface area contributed by atoms with Gasteiger partial charge < -0.3 is 10.2 Å². The molecule has 0 amide bonds. The quantitative estimate of drug-likeness (QED) is 0.779. The van der Waals surface area contributed by atoms with Crippen LogP contribution in [0.2, 0.25) is 0 Å². The predicted octanol–water partition coefficient (Wildman–Crippen LogP) is 1.41. The summed E-state index contributed by atoms with van der Waals surface area (Å²) in [6.45, 7) is 5.97. The van der Waals surface area contributed by atoms with Crippen LogP contribution in [-0.2, 0) is 5.41 Å². The number of nitrogens with two attached hydrogens (primary N) is 1. The zero-order valence-electron chi connectivity index (χ0n) is 9.43. The van der Waals surface area contributed by atoms with Crippen LogP contribution >= 0.6 is 0 Å². The Morgan fingerprint density at radius 2 is 1.81 bits per heavy atom. The molecule has 16 heavy (non-hydrogen) atoms. The van der Waals surface area contributed by atoms with Crippen molar-refractivity contribution in [2.24, 2.45) is 0 Å². The number of nitrogens with zero attached hydrogens (tertiary/aromatic N) is 4. The van der Waals surface area contributed by atoms with Crippen LogP contribution in [0.1, 0.15) is 26.7 Å². The highest BCUT2D eigenvalue weighted by Gasteiger charge is 2.23. The maximum absolute atomic E-state index is 5.67. The van der Waals surface area contributed by atoms with Crippen LogP contribution in [0.4, 0.5) is 5.82 Å². The lowest BCUT2D eigenvalue weighted by Crippen LogP contribution is -2.11. The minimum absolute atomic E-state index is 0.192. The van der Waals surface area contributed by atoms with Gasteiger partial charge in [-0.2, -0.15) is 0 Å². The largest absolute Gasteiger partial charge is 0.419 e. The van der Waals surface area contributed by atoms with Crippen LogP contribution in [0.25, 0.3) is 11.6 Å². The summed E-state index contributed by atoms with van der Waals surface area (Å²) in [7, 11) is 0. The molecular weight excluding hydrogens is 206 g/mol. The van der Waals surface area contributed by atoms with E-state index in [1.54, 1.807) is 0 Å². The Labute approximate surface area is 92.9 Å². The summed E-state index contributed by atoms with van der Waals surface area (Å²) < 4.78 is 5.51. The molecule has 0 aliphatic heterocycles. The normalized spacial score (nSPS) is 11.7. The highest BCUT2D eigenvalue weighted by molar-refractivity contribution is 5.60. The van der Waals surface area contributed by atoms with Crippen molar-refractivity contribution < 1.29 is 4.42 Å². The zero-order valence-corrected chi connectivity index (χ0v) is 9.43. The first kappa shape index (κ1) is 10.5. The third kappa shape index (κ3) is 1.86. The number of hydrogen-bond acceptors (Lipinski definition) is 6. The lowest BCUT2D eigenvalue weighted by atomic mass is 9.97. The van der Waals surface area contributed by atoms with Gasteiger partial charge in [-0.1, -0.05) is 20.8 Å². The van der Waals surface area contributed by atoms with Crippen molar-refractivity contribution in [3.05, 3.63) is 18.3 Å². The minimum Gasteiger partial charge on any atom is -0.419 e. The maximum Gasteiger partial charge on any atom is 0.270 e. The monoisotopic (exact) mass is 219 g/mol. The first-order valence-electron chi connectivity index (χ1n) is 4.89. The number of nitrogen functional groups attached to an aromatic ring is 1. The van der Waals surface area contributed by atoms with E-state index in [-0.39, 0.29) is 11.2 Å². The van der Waals surface area contributed by atoms with E-state index in [0.29, 0.717) is 17.5 Å². The Kier molecular flexibility index (Phi) is 2.34. The molecule has 0 fully saturated rings. The second-order valence-corrected chi connectivity index (χ2v) is 4.45. The molecule has 0 saturated carbocycles. The zero-order chi connectivity index (χ0) is 11.8.